The van der Waals surface area contributed by atoms with Gasteiger partial charge in [0.1, 0.15) is 42.3 Å². The molecule has 10 amide bonds. The van der Waals surface area contributed by atoms with Gasteiger partial charge in [-0.3, -0.25) is 62.9 Å². The molecule has 2 aromatic carbocycles. The number of nitrogens with two attached hydrogens (primary N) is 1. The number of benzene rings is 2. The highest BCUT2D eigenvalue weighted by molar-refractivity contribution is 5.99. The number of rotatable bonds is 16. The third kappa shape index (κ3) is 20.0. The molecule has 2 aromatic heterocycles. The van der Waals surface area contributed by atoms with E-state index in [0.717, 1.165) is 6.92 Å². The number of ketones is 1. The molecule has 2 aliphatic rings. The number of amides is 10. The molecule has 0 saturated carbocycles. The number of aromatic nitrogens is 3. The highest BCUT2D eigenvalue weighted by Gasteiger charge is 2.38. The fraction of sp³-hybridized carbons (Fsp3) is 0.464. The lowest BCUT2D eigenvalue weighted by Crippen LogP contribution is -2.60. The number of para-hydroxylation sites is 1. The summed E-state index contributed by atoms with van der Waals surface area (Å²) in [7, 11) is 0. The van der Waals surface area contributed by atoms with Crippen LogP contribution in [0.2, 0.25) is 0 Å². The number of nitrogens with one attached hydrogen (secondary N) is 13. The van der Waals surface area contributed by atoms with Gasteiger partial charge in [-0.05, 0) is 69.1 Å². The number of H-pyrrole nitrogens is 2. The molecule has 6 rings (SSSR count). The third-order valence-electron chi connectivity index (χ3n) is 14.3. The van der Waals surface area contributed by atoms with Crippen molar-refractivity contribution in [3.05, 3.63) is 90.1 Å². The van der Waals surface area contributed by atoms with E-state index in [1.165, 1.54) is 24.3 Å². The number of carbonyl (C=O) groups is 12. The monoisotopic (exact) mass is 1180 g/mol. The van der Waals surface area contributed by atoms with Crippen molar-refractivity contribution >= 4 is 87.7 Å². The summed E-state index contributed by atoms with van der Waals surface area (Å²) in [5, 5.41) is 44.1. The average Bonchev–Trinajstić information content (AvgIpc) is 3.24. The lowest BCUT2D eigenvalue weighted by Gasteiger charge is -2.28. The van der Waals surface area contributed by atoms with Gasteiger partial charge in [-0.1, -0.05) is 48.5 Å². The fourth-order valence-corrected chi connectivity index (χ4v) is 10.0. The molecule has 2 fully saturated rings. The molecule has 0 bridgehead atoms. The molecule has 85 heavy (non-hydrogen) atoms. The van der Waals surface area contributed by atoms with Crippen LogP contribution in [0.3, 0.4) is 0 Å². The molecule has 29 nitrogen and oxygen atoms in total. The van der Waals surface area contributed by atoms with E-state index >= 15 is 0 Å². The van der Waals surface area contributed by atoms with Crippen LogP contribution in [0.5, 0.6) is 0 Å². The summed E-state index contributed by atoms with van der Waals surface area (Å²) in [6, 6.07) is 4.30. The van der Waals surface area contributed by atoms with Crippen LogP contribution in [-0.2, 0) is 76.8 Å². The van der Waals surface area contributed by atoms with E-state index in [-0.39, 0.29) is 82.0 Å². The van der Waals surface area contributed by atoms with Crippen LogP contribution >= 0.6 is 0 Å². The molecule has 0 aliphatic carbocycles. The van der Waals surface area contributed by atoms with Crippen LogP contribution in [0.1, 0.15) is 88.5 Å². The molecule has 2 saturated heterocycles. The molecule has 16 N–H and O–H groups in total. The Hall–Kier alpha value is -9.70. The number of Topliss-reactive ketones (excluding diaryl/α,β-unsaturated/α-hetero) is 1. The number of aromatic amines is 2. The fourth-order valence-electron chi connectivity index (χ4n) is 10.0. The summed E-state index contributed by atoms with van der Waals surface area (Å²) >= 11 is 0. The minimum Gasteiger partial charge on any atom is -0.481 e. The Morgan fingerprint density at radius 3 is 2.00 bits per heavy atom. The number of aliphatic carboxylic acids is 1. The molecule has 0 unspecified atom stereocenters. The van der Waals surface area contributed by atoms with Crippen LogP contribution in [0.15, 0.2) is 73.3 Å². The molecular formula is C56H74N16O13. The average molecular weight is 1180 g/mol. The quantitative estimate of drug-likeness (QED) is 0.0312. The van der Waals surface area contributed by atoms with Gasteiger partial charge in [0.2, 0.25) is 59.1 Å². The number of hydrogen-bond acceptors (Lipinski definition) is 14. The maximum absolute atomic E-state index is 14.8. The first-order chi connectivity index (χ1) is 40.6. The lowest BCUT2D eigenvalue weighted by atomic mass is 10.0. The summed E-state index contributed by atoms with van der Waals surface area (Å²) < 4.78 is 0. The summed E-state index contributed by atoms with van der Waals surface area (Å²) in [5.74, 6) is -10.7. The minimum atomic E-state index is -1.63. The maximum atomic E-state index is 14.8. The standard InChI is InChI=1S/C56H74N16O13/c1-31(73)45-17-10-22-72(45)55(85)44-26-46(75)60-20-8-15-38(65-32(2)74)50(80)68-40(18-19-48(77)78)52(82)71-43(25-35-28-59-30-64-35)54(84)69-41(23-33-11-4-3-5-12-33)53(83)67-39(16-9-21-61-56(57)58)51(81)70-42(49(79)63-29-47(76)66-44)24-34-27-62-37-14-7-6-13-36(34)37/h3-7,11-14,27-28,30,38-45,62H,8-10,15-26,29H2,1-2H3,(H,59,64)(H,60,75)(H,63,79)(H,65,74)(H,66,76)(H,67,83)(H,68,80)(H,69,84)(H,70,81)(H,71,82)(H,77,78)(H4,57,58,61)/t38-,39-,40-,41+,42-,43-,44-,45-/m0/s1. The van der Waals surface area contributed by atoms with Gasteiger partial charge in [0, 0.05) is 75.5 Å². The molecule has 2 aliphatic heterocycles. The molecule has 0 spiro atoms. The van der Waals surface area contributed by atoms with Crippen LogP contribution in [-0.4, -0.2) is 176 Å². The molecule has 8 atom stereocenters. The first-order valence-corrected chi connectivity index (χ1v) is 28.0. The first kappa shape index (κ1) is 64.5. The number of carboxylic acid groups (broad SMARTS) is 1. The predicted molar refractivity (Wildman–Crippen MR) is 305 cm³/mol. The van der Waals surface area contributed by atoms with Crippen molar-refractivity contribution in [1.29, 1.82) is 5.41 Å². The molecule has 0 radical (unpaired) electrons. The summed E-state index contributed by atoms with van der Waals surface area (Å²) in [6.45, 7) is 1.73. The molecule has 456 valence electrons. The normalized spacial score (nSPS) is 23.0. The van der Waals surface area contributed by atoms with E-state index in [1.807, 2.05) is 0 Å². The van der Waals surface area contributed by atoms with Gasteiger partial charge in [-0.25, -0.2) is 4.98 Å². The van der Waals surface area contributed by atoms with Crippen molar-refractivity contribution < 1.29 is 62.6 Å². The van der Waals surface area contributed by atoms with Crippen molar-refractivity contribution in [2.24, 2.45) is 5.73 Å². The summed E-state index contributed by atoms with van der Waals surface area (Å²) in [6.07, 6.45) is 2.60. The number of likely N-dealkylation sites (tertiary alicyclic amines) is 1. The summed E-state index contributed by atoms with van der Waals surface area (Å²) in [5.41, 5.74) is 7.63. The van der Waals surface area contributed by atoms with Gasteiger partial charge in [0.15, 0.2) is 11.7 Å². The van der Waals surface area contributed by atoms with Gasteiger partial charge >= 0.3 is 5.97 Å². The maximum Gasteiger partial charge on any atom is 0.303 e. The summed E-state index contributed by atoms with van der Waals surface area (Å²) in [4.78, 5) is 177. The van der Waals surface area contributed by atoms with E-state index in [1.54, 1.807) is 60.8 Å². The zero-order valence-corrected chi connectivity index (χ0v) is 47.2. The van der Waals surface area contributed by atoms with Crippen LogP contribution in [0.25, 0.3) is 10.9 Å². The van der Waals surface area contributed by atoms with Gasteiger partial charge in [-0.15, -0.1) is 0 Å². The van der Waals surface area contributed by atoms with Crippen LogP contribution < -0.4 is 58.9 Å². The van der Waals surface area contributed by atoms with Crippen LogP contribution in [0.4, 0.5) is 0 Å². The van der Waals surface area contributed by atoms with Crippen molar-refractivity contribution in [1.82, 2.24) is 73.0 Å². The van der Waals surface area contributed by atoms with E-state index in [0.29, 0.717) is 34.9 Å². The van der Waals surface area contributed by atoms with Crippen LogP contribution in [0, 0.1) is 5.41 Å². The number of fused-ring (bicyclic) bond motifs is 1. The van der Waals surface area contributed by atoms with Crippen molar-refractivity contribution in [2.75, 3.05) is 26.2 Å². The minimum absolute atomic E-state index is 0.00332. The highest BCUT2D eigenvalue weighted by atomic mass is 16.4. The number of carbonyl (C=O) groups excluding carboxylic acids is 11. The Kier molecular flexibility index (Phi) is 24.0. The number of nitrogens with zero attached hydrogens (tertiary/aromatic N) is 2. The second-order valence-electron chi connectivity index (χ2n) is 20.8. The zero-order valence-electron chi connectivity index (χ0n) is 47.2. The van der Waals surface area contributed by atoms with E-state index < -0.39 is 139 Å². The Bertz CT molecular complexity index is 3060. The van der Waals surface area contributed by atoms with Gasteiger partial charge in [-0.2, -0.15) is 0 Å². The molecule has 4 heterocycles. The van der Waals surface area contributed by atoms with Crippen molar-refractivity contribution in [2.45, 2.75) is 139 Å². The molecule has 4 aromatic rings. The van der Waals surface area contributed by atoms with E-state index in [4.69, 9.17) is 11.1 Å². The largest absolute Gasteiger partial charge is 0.481 e. The zero-order chi connectivity index (χ0) is 61.6. The van der Waals surface area contributed by atoms with E-state index in [2.05, 4.69) is 68.1 Å². The topological polar surface area (TPSA) is 443 Å². The Balaban J connectivity index is 1.39. The predicted octanol–water partition coefficient (Wildman–Crippen LogP) is -2.54. The molecule has 29 heteroatoms. The first-order valence-electron chi connectivity index (χ1n) is 28.0. The van der Waals surface area contributed by atoms with Gasteiger partial charge in [0.05, 0.1) is 31.0 Å². The van der Waals surface area contributed by atoms with Gasteiger partial charge < -0.3 is 78.9 Å². The van der Waals surface area contributed by atoms with Crippen molar-refractivity contribution in [3.8, 4) is 0 Å². The van der Waals surface area contributed by atoms with E-state index in [9.17, 15) is 62.6 Å². The van der Waals surface area contributed by atoms with Crippen molar-refractivity contribution in [3.63, 3.8) is 0 Å². The Morgan fingerprint density at radius 2 is 1.34 bits per heavy atom. The smallest absolute Gasteiger partial charge is 0.303 e. The molecular weight excluding hydrogens is 1100 g/mol. The lowest BCUT2D eigenvalue weighted by molar-refractivity contribution is -0.141. The number of guanidine groups is 1. The second kappa shape index (κ2) is 31.7. The SMILES string of the molecule is CC(=O)N[C@H]1CCCNC(=O)C[C@@H](C(=O)N2CCC[C@H]2C(C)=O)NC(=O)CNC(=O)[C@H](Cc2c[nH]c3ccccc23)NC(=O)[C@H](CCCNC(=N)N)NC(=O)[C@@H](Cc2ccccc2)NC(=O)[C@H](Cc2c[nH]cn2)NC(=O)[C@H](CCC(=O)O)NC1=O. The number of carboxylic acids is 1. The second-order valence-corrected chi connectivity index (χ2v) is 20.8. The Labute approximate surface area is 488 Å². The Morgan fingerprint density at radius 1 is 0.706 bits per heavy atom. The van der Waals surface area contributed by atoms with Gasteiger partial charge in [0.25, 0.3) is 0 Å². The number of hydrogen-bond donors (Lipinski definition) is 15. The highest BCUT2D eigenvalue weighted by Crippen LogP contribution is 2.21. The number of imidazole rings is 1. The third-order valence-corrected chi connectivity index (χ3v) is 14.3.